The number of nitrogens with zero attached hydrogens (tertiary/aromatic N) is 2. The van der Waals surface area contributed by atoms with Crippen molar-refractivity contribution in [3.05, 3.63) is 0 Å². The average molecular weight is 212 g/mol. The molecule has 0 aromatic heterocycles. The van der Waals surface area contributed by atoms with Gasteiger partial charge in [0.2, 0.25) is 0 Å². The van der Waals surface area contributed by atoms with E-state index in [9.17, 15) is 0 Å². The van der Waals surface area contributed by atoms with Gasteiger partial charge in [-0.1, -0.05) is 12.8 Å². The summed E-state index contributed by atoms with van der Waals surface area (Å²) in [6, 6.07) is 0.147. The second-order valence-electron chi connectivity index (χ2n) is 3.54. The monoisotopic (exact) mass is 212 g/mol. The Hall–Kier alpha value is -0.400. The van der Waals surface area contributed by atoms with Gasteiger partial charge in [-0.05, 0) is 44.2 Å². The van der Waals surface area contributed by atoms with Crippen molar-refractivity contribution in [1.29, 1.82) is 0 Å². The van der Waals surface area contributed by atoms with E-state index < -0.39 is 0 Å². The quantitative estimate of drug-likeness (QED) is 0.519. The Morgan fingerprint density at radius 1 is 1.31 bits per heavy atom. The Kier molecular flexibility index (Phi) is 3.89. The Balaban J connectivity index is 2.88. The Labute approximate surface area is 89.2 Å². The molecule has 0 spiro atoms. The summed E-state index contributed by atoms with van der Waals surface area (Å²) in [5.74, 6) is 0. The molecule has 0 aromatic rings. The molecule has 1 aliphatic rings. The minimum absolute atomic E-state index is 0.147. The molecule has 0 heterocycles. The van der Waals surface area contributed by atoms with Crippen LogP contribution in [0.15, 0.2) is 9.98 Å². The molecule has 1 aliphatic carbocycles. The van der Waals surface area contributed by atoms with Crippen LogP contribution in [-0.2, 0) is 0 Å². The fourth-order valence-corrected chi connectivity index (χ4v) is 2.14. The summed E-state index contributed by atoms with van der Waals surface area (Å²) in [6.45, 7) is 2.06. The van der Waals surface area contributed by atoms with Crippen molar-refractivity contribution in [2.24, 2.45) is 9.98 Å². The molecule has 0 aromatic carbocycles. The molecule has 0 amide bonds. The fraction of sp³-hybridized carbons (Fsp3) is 0.778. The van der Waals surface area contributed by atoms with Gasteiger partial charge in [0.15, 0.2) is 0 Å². The highest BCUT2D eigenvalue weighted by Crippen LogP contribution is 2.33. The van der Waals surface area contributed by atoms with E-state index in [0.717, 1.165) is 12.8 Å². The number of rotatable bonds is 2. The first-order chi connectivity index (χ1) is 6.23. The van der Waals surface area contributed by atoms with Crippen LogP contribution in [0, 0.1) is 0 Å². The lowest BCUT2D eigenvalue weighted by Crippen LogP contribution is -2.38. The van der Waals surface area contributed by atoms with E-state index in [1.54, 1.807) is 0 Å². The van der Waals surface area contributed by atoms with Crippen LogP contribution < -0.4 is 0 Å². The highest BCUT2D eigenvalue weighted by Gasteiger charge is 2.36. The lowest BCUT2D eigenvalue weighted by atomic mass is 9.80. The van der Waals surface area contributed by atoms with Crippen molar-refractivity contribution in [2.45, 2.75) is 44.2 Å². The maximum Gasteiger partial charge on any atom is 0.0913 e. The van der Waals surface area contributed by atoms with Crippen molar-refractivity contribution < 1.29 is 0 Å². The van der Waals surface area contributed by atoms with Crippen LogP contribution in [-0.4, -0.2) is 21.9 Å². The molecule has 13 heavy (non-hydrogen) atoms. The van der Waals surface area contributed by atoms with Gasteiger partial charge in [-0.25, -0.2) is 9.98 Å². The van der Waals surface area contributed by atoms with Crippen LogP contribution in [0.5, 0.6) is 0 Å². The third kappa shape index (κ3) is 2.52. The molecule has 2 atom stereocenters. The zero-order chi connectivity index (χ0) is 9.73. The molecular formula is C9H12N2S2. The van der Waals surface area contributed by atoms with E-state index in [1.165, 1.54) is 12.8 Å². The molecule has 1 rings (SSSR count). The molecular weight excluding hydrogens is 200 g/mol. The van der Waals surface area contributed by atoms with E-state index >= 15 is 0 Å². The zero-order valence-corrected chi connectivity index (χ0v) is 9.25. The summed E-state index contributed by atoms with van der Waals surface area (Å²) in [5.41, 5.74) is -0.189. The summed E-state index contributed by atoms with van der Waals surface area (Å²) in [7, 11) is 0. The first kappa shape index (κ1) is 10.7. The Morgan fingerprint density at radius 2 is 2.08 bits per heavy atom. The third-order valence-corrected chi connectivity index (χ3v) is 2.83. The predicted octanol–water partition coefficient (Wildman–Crippen LogP) is 2.89. The number of hydrogen-bond acceptors (Lipinski definition) is 4. The van der Waals surface area contributed by atoms with Crippen LogP contribution in [0.3, 0.4) is 0 Å². The van der Waals surface area contributed by atoms with Crippen LogP contribution in [0.25, 0.3) is 0 Å². The normalized spacial score (nSPS) is 32.8. The average Bonchev–Trinajstić information content (AvgIpc) is 2.10. The molecule has 0 radical (unpaired) electrons. The van der Waals surface area contributed by atoms with Crippen LogP contribution in [0.1, 0.15) is 32.6 Å². The lowest BCUT2D eigenvalue weighted by Gasteiger charge is -2.33. The Morgan fingerprint density at radius 3 is 2.69 bits per heavy atom. The van der Waals surface area contributed by atoms with Crippen molar-refractivity contribution in [3.8, 4) is 0 Å². The van der Waals surface area contributed by atoms with Gasteiger partial charge in [0.05, 0.1) is 21.9 Å². The molecule has 2 nitrogen and oxygen atoms in total. The minimum atomic E-state index is -0.189. The predicted molar refractivity (Wildman–Crippen MR) is 60.7 cm³/mol. The van der Waals surface area contributed by atoms with Crippen LogP contribution in [0.2, 0.25) is 0 Å². The number of isothiocyanates is 2. The summed E-state index contributed by atoms with van der Waals surface area (Å²) in [5, 5.41) is 4.89. The summed E-state index contributed by atoms with van der Waals surface area (Å²) in [4.78, 5) is 8.34. The zero-order valence-electron chi connectivity index (χ0n) is 7.62. The molecule has 1 saturated carbocycles. The van der Waals surface area contributed by atoms with Crippen molar-refractivity contribution >= 4 is 34.8 Å². The van der Waals surface area contributed by atoms with Gasteiger partial charge in [0.25, 0.3) is 0 Å². The van der Waals surface area contributed by atoms with Crippen LogP contribution >= 0.6 is 24.4 Å². The summed E-state index contributed by atoms with van der Waals surface area (Å²) in [6.07, 6.45) is 4.41. The lowest BCUT2D eigenvalue weighted by molar-refractivity contribution is 0.282. The van der Waals surface area contributed by atoms with Gasteiger partial charge in [0, 0.05) is 0 Å². The van der Waals surface area contributed by atoms with Crippen molar-refractivity contribution in [2.75, 3.05) is 0 Å². The molecule has 1 fully saturated rings. The maximum absolute atomic E-state index is 4.64. The number of hydrogen-bond donors (Lipinski definition) is 0. The van der Waals surface area contributed by atoms with E-state index in [2.05, 4.69) is 51.7 Å². The maximum atomic E-state index is 4.64. The standard InChI is InChI=1S/C9H12N2S2/c1-9(11-7-13)5-3-2-4-8(9)10-6-12/h8H,2-5H2,1H3. The molecule has 4 heteroatoms. The van der Waals surface area contributed by atoms with Crippen molar-refractivity contribution in [1.82, 2.24) is 0 Å². The van der Waals surface area contributed by atoms with Gasteiger partial charge in [-0.3, -0.25) is 0 Å². The number of thiocarbonyl (C=S) groups is 2. The fourth-order valence-electron chi connectivity index (χ4n) is 1.80. The second-order valence-corrected chi connectivity index (χ2v) is 3.91. The number of aliphatic imine (C=N–C) groups is 2. The van der Waals surface area contributed by atoms with Crippen molar-refractivity contribution in [3.63, 3.8) is 0 Å². The Bertz CT molecular complexity index is 277. The van der Waals surface area contributed by atoms with Gasteiger partial charge < -0.3 is 0 Å². The van der Waals surface area contributed by atoms with E-state index in [4.69, 9.17) is 0 Å². The smallest absolute Gasteiger partial charge is 0.0913 e. The van der Waals surface area contributed by atoms with E-state index in [1.807, 2.05) is 0 Å². The van der Waals surface area contributed by atoms with E-state index in [-0.39, 0.29) is 11.6 Å². The minimum Gasteiger partial charge on any atom is -0.227 e. The third-order valence-electron chi connectivity index (χ3n) is 2.64. The first-order valence-corrected chi connectivity index (χ1v) is 5.20. The molecule has 0 bridgehead atoms. The van der Waals surface area contributed by atoms with Gasteiger partial charge >= 0.3 is 0 Å². The van der Waals surface area contributed by atoms with Gasteiger partial charge in [-0.15, -0.1) is 0 Å². The van der Waals surface area contributed by atoms with E-state index in [0.29, 0.717) is 0 Å². The van der Waals surface area contributed by atoms with Gasteiger partial charge in [-0.2, -0.15) is 0 Å². The second kappa shape index (κ2) is 4.73. The highest BCUT2D eigenvalue weighted by atomic mass is 32.1. The first-order valence-electron chi connectivity index (χ1n) is 4.39. The molecule has 0 saturated heterocycles. The molecule has 70 valence electrons. The topological polar surface area (TPSA) is 24.7 Å². The molecule has 0 aliphatic heterocycles. The highest BCUT2D eigenvalue weighted by molar-refractivity contribution is 7.78. The summed E-state index contributed by atoms with van der Waals surface area (Å²) < 4.78 is 0. The molecule has 0 N–H and O–H groups in total. The van der Waals surface area contributed by atoms with Gasteiger partial charge in [0.1, 0.15) is 0 Å². The molecule has 2 unspecified atom stereocenters. The summed E-state index contributed by atoms with van der Waals surface area (Å²) >= 11 is 9.25. The largest absolute Gasteiger partial charge is 0.227 e. The van der Waals surface area contributed by atoms with Crippen LogP contribution in [0.4, 0.5) is 0 Å². The SMILES string of the molecule is CC1(N=C=S)CCCCC1N=C=S.